The predicted molar refractivity (Wildman–Crippen MR) is 78.3 cm³/mol. The maximum absolute atomic E-state index is 6.48. The van der Waals surface area contributed by atoms with Crippen LogP contribution in [0.3, 0.4) is 0 Å². The summed E-state index contributed by atoms with van der Waals surface area (Å²) in [5.41, 5.74) is 0. The minimum Gasteiger partial charge on any atom is -0.341 e. The molecule has 3 nitrogen and oxygen atoms in total. The summed E-state index contributed by atoms with van der Waals surface area (Å²) in [4.78, 5) is 9.12. The van der Waals surface area contributed by atoms with E-state index >= 15 is 0 Å². The number of hydrogen-bond acceptors (Lipinski definition) is 1. The van der Waals surface area contributed by atoms with Gasteiger partial charge >= 0.3 is 0 Å². The topological polar surface area (TPSA) is 18.8 Å². The van der Waals surface area contributed by atoms with Gasteiger partial charge in [0, 0.05) is 21.1 Å². The molecule has 1 heterocycles. The van der Waals surface area contributed by atoms with Crippen molar-refractivity contribution >= 4 is 13.8 Å². The maximum Gasteiger partial charge on any atom is 0.196 e. The fourth-order valence-electron chi connectivity index (χ4n) is 3.68. The summed E-state index contributed by atoms with van der Waals surface area (Å²) in [6, 6.07) is 1.09. The van der Waals surface area contributed by atoms with E-state index in [4.69, 9.17) is 7.85 Å². The lowest BCUT2D eigenvalue weighted by Gasteiger charge is -2.33. The molecule has 2 rings (SSSR count). The van der Waals surface area contributed by atoms with Crippen molar-refractivity contribution in [1.82, 2.24) is 9.80 Å². The van der Waals surface area contributed by atoms with Gasteiger partial charge in [0.25, 0.3) is 0 Å². The van der Waals surface area contributed by atoms with Gasteiger partial charge in [-0.3, -0.25) is 4.99 Å². The van der Waals surface area contributed by atoms with Crippen LogP contribution >= 0.6 is 0 Å². The van der Waals surface area contributed by atoms with E-state index in [0.29, 0.717) is 12.1 Å². The number of rotatable bonds is 0. The van der Waals surface area contributed by atoms with Crippen LogP contribution in [0.2, 0.25) is 5.31 Å². The highest BCUT2D eigenvalue weighted by atomic mass is 15.4. The van der Waals surface area contributed by atoms with Gasteiger partial charge in [-0.1, -0.05) is 37.9 Å². The van der Waals surface area contributed by atoms with Crippen molar-refractivity contribution in [3.05, 3.63) is 0 Å². The van der Waals surface area contributed by atoms with Gasteiger partial charge in [-0.2, -0.15) is 0 Å². The van der Waals surface area contributed by atoms with E-state index in [9.17, 15) is 0 Å². The molecule has 4 heteroatoms. The van der Waals surface area contributed by atoms with Gasteiger partial charge in [0.05, 0.1) is 19.9 Å². The Kier molecular flexibility index (Phi) is 3.93. The van der Waals surface area contributed by atoms with Crippen molar-refractivity contribution < 1.29 is 0 Å². The second-order valence-corrected chi connectivity index (χ2v) is 6.34. The molecule has 1 saturated heterocycles. The Morgan fingerprint density at radius 3 is 2.50 bits per heavy atom. The fourth-order valence-corrected chi connectivity index (χ4v) is 3.68. The largest absolute Gasteiger partial charge is 0.341 e. The molecule has 2 aliphatic rings. The molecular weight excluding hydrogens is 221 g/mol. The zero-order valence-electron chi connectivity index (χ0n) is 12.3. The molecule has 0 bridgehead atoms. The standard InChI is InChI=1S/C14H26BN3/c1-14(15)9-7-5-6-8-11-12(10-14)18(4)13(16-2)17(11)3/h11-12H,5-10H2,1-4H3. The van der Waals surface area contributed by atoms with Crippen LogP contribution in [0.15, 0.2) is 4.99 Å². The van der Waals surface area contributed by atoms with Crippen LogP contribution in [0.4, 0.5) is 0 Å². The second-order valence-electron chi connectivity index (χ2n) is 6.34. The number of guanidine groups is 1. The van der Waals surface area contributed by atoms with Crippen LogP contribution in [0, 0.1) is 0 Å². The molecule has 2 radical (unpaired) electrons. The molecule has 0 aromatic heterocycles. The first-order chi connectivity index (χ1) is 8.46. The highest BCUT2D eigenvalue weighted by molar-refractivity contribution is 6.14. The molecule has 0 aromatic rings. The quantitative estimate of drug-likeness (QED) is 0.611. The molecule has 1 aliphatic carbocycles. The van der Waals surface area contributed by atoms with Gasteiger partial charge in [-0.15, -0.1) is 0 Å². The van der Waals surface area contributed by atoms with Gasteiger partial charge in [0.15, 0.2) is 5.96 Å². The van der Waals surface area contributed by atoms with Gasteiger partial charge in [-0.05, 0) is 12.8 Å². The van der Waals surface area contributed by atoms with Crippen molar-refractivity contribution in [2.24, 2.45) is 4.99 Å². The Morgan fingerprint density at radius 1 is 1.17 bits per heavy atom. The Morgan fingerprint density at radius 2 is 1.83 bits per heavy atom. The van der Waals surface area contributed by atoms with Gasteiger partial charge in [-0.25, -0.2) is 0 Å². The Hall–Kier alpha value is -0.665. The third-order valence-corrected chi connectivity index (χ3v) is 4.69. The smallest absolute Gasteiger partial charge is 0.196 e. The van der Waals surface area contributed by atoms with E-state index in [1.807, 2.05) is 7.05 Å². The van der Waals surface area contributed by atoms with E-state index in [1.54, 1.807) is 0 Å². The van der Waals surface area contributed by atoms with Crippen LogP contribution in [-0.4, -0.2) is 56.8 Å². The molecular formula is C14H26BN3. The predicted octanol–water partition coefficient (Wildman–Crippen LogP) is 2.29. The first kappa shape index (κ1) is 13.8. The molecule has 100 valence electrons. The molecule has 1 aliphatic heterocycles. The van der Waals surface area contributed by atoms with Crippen LogP contribution < -0.4 is 0 Å². The zero-order chi connectivity index (χ0) is 13.3. The SMILES string of the molecule is [B]C1(C)CCCCCC2C(C1)N(C)C(=NC)N2C. The number of fused-ring (bicyclic) bond motifs is 1. The maximum atomic E-state index is 6.48. The lowest BCUT2D eigenvalue weighted by Crippen LogP contribution is -2.37. The molecule has 2 fully saturated rings. The molecule has 3 unspecified atom stereocenters. The van der Waals surface area contributed by atoms with Crippen LogP contribution in [0.25, 0.3) is 0 Å². The molecule has 0 aromatic carbocycles. The monoisotopic (exact) mass is 247 g/mol. The van der Waals surface area contributed by atoms with Crippen LogP contribution in [0.1, 0.15) is 45.4 Å². The Balaban J connectivity index is 2.24. The van der Waals surface area contributed by atoms with Gasteiger partial charge in [0.2, 0.25) is 0 Å². The molecule has 0 spiro atoms. The highest BCUT2D eigenvalue weighted by Gasteiger charge is 2.42. The number of likely N-dealkylation sites (N-methyl/N-ethyl adjacent to an activating group) is 2. The van der Waals surface area contributed by atoms with Crippen molar-refractivity contribution in [2.45, 2.75) is 62.8 Å². The van der Waals surface area contributed by atoms with Crippen molar-refractivity contribution in [1.29, 1.82) is 0 Å². The van der Waals surface area contributed by atoms with Gasteiger partial charge < -0.3 is 9.80 Å². The van der Waals surface area contributed by atoms with Crippen LogP contribution in [0.5, 0.6) is 0 Å². The zero-order valence-corrected chi connectivity index (χ0v) is 12.3. The second kappa shape index (κ2) is 5.14. The number of aliphatic imine (C=N–C) groups is 1. The minimum absolute atomic E-state index is 0.0362. The minimum atomic E-state index is -0.0362. The van der Waals surface area contributed by atoms with E-state index < -0.39 is 0 Å². The summed E-state index contributed by atoms with van der Waals surface area (Å²) >= 11 is 0. The van der Waals surface area contributed by atoms with Crippen molar-refractivity contribution in [2.75, 3.05) is 21.1 Å². The molecule has 0 N–H and O–H groups in total. The van der Waals surface area contributed by atoms with E-state index in [-0.39, 0.29) is 5.31 Å². The lowest BCUT2D eigenvalue weighted by atomic mass is 9.63. The molecule has 1 saturated carbocycles. The summed E-state index contributed by atoms with van der Waals surface area (Å²) in [6.45, 7) is 2.21. The van der Waals surface area contributed by atoms with Crippen molar-refractivity contribution in [3.63, 3.8) is 0 Å². The summed E-state index contributed by atoms with van der Waals surface area (Å²) in [5.74, 6) is 1.11. The first-order valence-electron chi connectivity index (χ1n) is 7.17. The number of hydrogen-bond donors (Lipinski definition) is 0. The van der Waals surface area contributed by atoms with E-state index in [1.165, 1.54) is 25.7 Å². The molecule has 0 amide bonds. The fraction of sp³-hybridized carbons (Fsp3) is 0.929. The average molecular weight is 247 g/mol. The molecule has 18 heavy (non-hydrogen) atoms. The summed E-state index contributed by atoms with van der Waals surface area (Å²) in [6.07, 6.45) is 7.37. The third-order valence-electron chi connectivity index (χ3n) is 4.69. The molecule has 3 atom stereocenters. The summed E-state index contributed by atoms with van der Waals surface area (Å²) in [7, 11) is 12.7. The summed E-state index contributed by atoms with van der Waals surface area (Å²) < 4.78 is 0. The van der Waals surface area contributed by atoms with Crippen molar-refractivity contribution in [3.8, 4) is 0 Å². The number of nitrogens with zero attached hydrogens (tertiary/aromatic N) is 3. The van der Waals surface area contributed by atoms with Gasteiger partial charge in [0.1, 0.15) is 0 Å². The van der Waals surface area contributed by atoms with E-state index in [0.717, 1.165) is 18.8 Å². The Labute approximate surface area is 113 Å². The van der Waals surface area contributed by atoms with E-state index in [2.05, 4.69) is 35.8 Å². The Bertz CT molecular complexity index is 327. The lowest BCUT2D eigenvalue weighted by molar-refractivity contribution is 0.257. The third kappa shape index (κ3) is 2.52. The van der Waals surface area contributed by atoms with Crippen LogP contribution in [-0.2, 0) is 0 Å². The first-order valence-corrected chi connectivity index (χ1v) is 7.17. The average Bonchev–Trinajstić information content (AvgIpc) is 2.55. The normalized spacial score (nSPS) is 40.3. The summed E-state index contributed by atoms with van der Waals surface area (Å²) in [5, 5.41) is -0.0362. The highest BCUT2D eigenvalue weighted by Crippen LogP contribution is 2.40.